The van der Waals surface area contributed by atoms with Gasteiger partial charge in [-0.25, -0.2) is 4.79 Å². The van der Waals surface area contributed by atoms with E-state index in [9.17, 15) is 4.79 Å². The van der Waals surface area contributed by atoms with Crippen LogP contribution in [0.1, 0.15) is 44.7 Å². The van der Waals surface area contributed by atoms with Crippen molar-refractivity contribution in [2.75, 3.05) is 26.2 Å². The number of rotatable bonds is 2. The summed E-state index contributed by atoms with van der Waals surface area (Å²) in [6.07, 6.45) is 3.22. The Morgan fingerprint density at radius 3 is 2.84 bits per heavy atom. The molecule has 1 fully saturated rings. The van der Waals surface area contributed by atoms with Crippen molar-refractivity contribution in [2.24, 2.45) is 5.92 Å². The van der Waals surface area contributed by atoms with Gasteiger partial charge in [0.05, 0.1) is 0 Å². The van der Waals surface area contributed by atoms with Crippen LogP contribution in [0, 0.1) is 5.92 Å². The molecular formula is C20H29BrN2O2. The SMILES string of the molecule is CC(C)(C)OC(=O)N1CCCC(CN2CCc3cc(Br)ccc3C2)C1. The molecule has 2 heterocycles. The zero-order valence-electron chi connectivity index (χ0n) is 15.6. The second-order valence-electron chi connectivity index (χ2n) is 8.33. The topological polar surface area (TPSA) is 32.8 Å². The number of fused-ring (bicyclic) bond motifs is 1. The molecule has 1 unspecified atom stereocenters. The van der Waals surface area contributed by atoms with Crippen LogP contribution in [0.4, 0.5) is 4.79 Å². The molecule has 5 heteroatoms. The number of ether oxygens (including phenoxy) is 1. The van der Waals surface area contributed by atoms with Crippen molar-refractivity contribution in [3.05, 3.63) is 33.8 Å². The second-order valence-corrected chi connectivity index (χ2v) is 9.25. The maximum Gasteiger partial charge on any atom is 0.410 e. The molecule has 2 aliphatic rings. The minimum Gasteiger partial charge on any atom is -0.444 e. The van der Waals surface area contributed by atoms with E-state index in [-0.39, 0.29) is 6.09 Å². The quantitative estimate of drug-likeness (QED) is 0.724. The highest BCUT2D eigenvalue weighted by Crippen LogP contribution is 2.26. The molecule has 0 aromatic heterocycles. The van der Waals surface area contributed by atoms with Gasteiger partial charge in [0, 0.05) is 37.2 Å². The normalized spacial score (nSPS) is 21.8. The number of hydrogen-bond donors (Lipinski definition) is 0. The second kappa shape index (κ2) is 7.67. The molecule has 1 saturated heterocycles. The van der Waals surface area contributed by atoms with Gasteiger partial charge in [-0.3, -0.25) is 4.90 Å². The Balaban J connectivity index is 1.55. The summed E-state index contributed by atoms with van der Waals surface area (Å²) in [5.41, 5.74) is 2.48. The van der Waals surface area contributed by atoms with Crippen molar-refractivity contribution in [1.82, 2.24) is 9.80 Å². The van der Waals surface area contributed by atoms with Crippen LogP contribution in [0.3, 0.4) is 0 Å². The molecule has 0 bridgehead atoms. The summed E-state index contributed by atoms with van der Waals surface area (Å²) in [5.74, 6) is 0.540. The zero-order chi connectivity index (χ0) is 18.0. The number of hydrogen-bond acceptors (Lipinski definition) is 3. The van der Waals surface area contributed by atoms with Crippen molar-refractivity contribution >= 4 is 22.0 Å². The average molecular weight is 409 g/mol. The van der Waals surface area contributed by atoms with Crippen molar-refractivity contribution < 1.29 is 9.53 Å². The molecule has 4 nitrogen and oxygen atoms in total. The summed E-state index contributed by atoms with van der Waals surface area (Å²) in [7, 11) is 0. The summed E-state index contributed by atoms with van der Waals surface area (Å²) in [6, 6.07) is 6.62. The molecule has 1 atom stereocenters. The Labute approximate surface area is 159 Å². The van der Waals surface area contributed by atoms with Gasteiger partial charge in [0.15, 0.2) is 0 Å². The van der Waals surface area contributed by atoms with E-state index in [0.717, 1.165) is 45.6 Å². The third kappa shape index (κ3) is 5.20. The molecular weight excluding hydrogens is 380 g/mol. The number of likely N-dealkylation sites (tertiary alicyclic amines) is 1. The Bertz CT molecular complexity index is 627. The monoisotopic (exact) mass is 408 g/mol. The van der Waals surface area contributed by atoms with E-state index in [2.05, 4.69) is 39.0 Å². The molecule has 1 aromatic rings. The lowest BCUT2D eigenvalue weighted by molar-refractivity contribution is 0.0141. The number of amides is 1. The van der Waals surface area contributed by atoms with Crippen molar-refractivity contribution in [3.63, 3.8) is 0 Å². The number of benzene rings is 1. The Morgan fingerprint density at radius 1 is 1.28 bits per heavy atom. The van der Waals surface area contributed by atoms with E-state index in [1.807, 2.05) is 25.7 Å². The van der Waals surface area contributed by atoms with Gasteiger partial charge in [-0.2, -0.15) is 0 Å². The summed E-state index contributed by atoms with van der Waals surface area (Å²) >= 11 is 3.56. The number of carbonyl (C=O) groups excluding carboxylic acids is 1. The minimum absolute atomic E-state index is 0.161. The molecule has 0 N–H and O–H groups in total. The highest BCUT2D eigenvalue weighted by Gasteiger charge is 2.29. The molecule has 3 rings (SSSR count). The fourth-order valence-electron chi connectivity index (χ4n) is 3.81. The Morgan fingerprint density at radius 2 is 2.08 bits per heavy atom. The summed E-state index contributed by atoms with van der Waals surface area (Å²) in [4.78, 5) is 16.8. The van der Waals surface area contributed by atoms with Crippen LogP contribution in [0.2, 0.25) is 0 Å². The van der Waals surface area contributed by atoms with Crippen molar-refractivity contribution in [2.45, 2.75) is 52.2 Å². The van der Waals surface area contributed by atoms with Crippen molar-refractivity contribution in [1.29, 1.82) is 0 Å². The molecule has 0 spiro atoms. The largest absolute Gasteiger partial charge is 0.444 e. The van der Waals surface area contributed by atoms with Gasteiger partial charge in [0.2, 0.25) is 0 Å². The maximum absolute atomic E-state index is 12.3. The van der Waals surface area contributed by atoms with E-state index in [4.69, 9.17) is 4.74 Å². The highest BCUT2D eigenvalue weighted by atomic mass is 79.9. The summed E-state index contributed by atoms with van der Waals surface area (Å²) < 4.78 is 6.71. The summed E-state index contributed by atoms with van der Waals surface area (Å²) in [6.45, 7) is 10.6. The third-order valence-corrected chi connectivity index (χ3v) is 5.44. The van der Waals surface area contributed by atoms with Crippen LogP contribution in [-0.2, 0) is 17.7 Å². The molecule has 25 heavy (non-hydrogen) atoms. The van der Waals surface area contributed by atoms with Gasteiger partial charge in [0.25, 0.3) is 0 Å². The first-order valence-corrected chi connectivity index (χ1v) is 10.1. The number of nitrogens with zero attached hydrogens (tertiary/aromatic N) is 2. The lowest BCUT2D eigenvalue weighted by atomic mass is 9.95. The maximum atomic E-state index is 12.3. The fourth-order valence-corrected chi connectivity index (χ4v) is 4.22. The zero-order valence-corrected chi connectivity index (χ0v) is 17.1. The van der Waals surface area contributed by atoms with Gasteiger partial charge in [-0.1, -0.05) is 22.0 Å². The fraction of sp³-hybridized carbons (Fsp3) is 0.650. The molecule has 0 radical (unpaired) electrons. The lowest BCUT2D eigenvalue weighted by Gasteiger charge is -2.37. The lowest BCUT2D eigenvalue weighted by Crippen LogP contribution is -2.46. The molecule has 0 saturated carbocycles. The van der Waals surface area contributed by atoms with Gasteiger partial charge in [-0.15, -0.1) is 0 Å². The Hall–Kier alpha value is -1.07. The number of carbonyl (C=O) groups is 1. The van der Waals surface area contributed by atoms with E-state index in [0.29, 0.717) is 5.92 Å². The number of halogens is 1. The standard InChI is InChI=1S/C20H29BrN2O2/c1-20(2,3)25-19(24)23-9-4-5-15(13-23)12-22-10-8-16-11-18(21)7-6-17(16)14-22/h6-7,11,15H,4-5,8-10,12-14H2,1-3H3. The van der Waals surface area contributed by atoms with Crippen LogP contribution in [0.15, 0.2) is 22.7 Å². The highest BCUT2D eigenvalue weighted by molar-refractivity contribution is 9.10. The van der Waals surface area contributed by atoms with Crippen molar-refractivity contribution in [3.8, 4) is 0 Å². The molecule has 0 aliphatic carbocycles. The predicted octanol–water partition coefficient (Wildman–Crippen LogP) is 4.45. The van der Waals surface area contributed by atoms with E-state index in [1.54, 1.807) is 0 Å². The molecule has 1 aromatic carbocycles. The van der Waals surface area contributed by atoms with E-state index in [1.165, 1.54) is 22.0 Å². The van der Waals surface area contributed by atoms with E-state index < -0.39 is 5.60 Å². The first-order valence-electron chi connectivity index (χ1n) is 9.28. The minimum atomic E-state index is -0.422. The first kappa shape index (κ1) is 18.7. The first-order chi connectivity index (χ1) is 11.8. The summed E-state index contributed by atoms with van der Waals surface area (Å²) in [5, 5.41) is 0. The number of piperidine rings is 1. The molecule has 1 amide bonds. The molecule has 138 valence electrons. The van der Waals surface area contributed by atoms with Crippen LogP contribution in [-0.4, -0.2) is 47.7 Å². The Kier molecular flexibility index (Phi) is 5.74. The molecule has 2 aliphatic heterocycles. The van der Waals surface area contributed by atoms with Gasteiger partial charge in [-0.05, 0) is 69.2 Å². The van der Waals surface area contributed by atoms with Gasteiger partial charge in [0.1, 0.15) is 5.60 Å². The van der Waals surface area contributed by atoms with Crippen LogP contribution >= 0.6 is 15.9 Å². The van der Waals surface area contributed by atoms with E-state index >= 15 is 0 Å². The average Bonchev–Trinajstić information content (AvgIpc) is 2.54. The predicted molar refractivity (Wildman–Crippen MR) is 104 cm³/mol. The van der Waals surface area contributed by atoms with Crippen LogP contribution in [0.5, 0.6) is 0 Å². The van der Waals surface area contributed by atoms with Gasteiger partial charge >= 0.3 is 6.09 Å². The third-order valence-electron chi connectivity index (χ3n) is 4.95. The smallest absolute Gasteiger partial charge is 0.410 e. The van der Waals surface area contributed by atoms with Crippen LogP contribution in [0.25, 0.3) is 0 Å². The van der Waals surface area contributed by atoms with Crippen LogP contribution < -0.4 is 0 Å². The van der Waals surface area contributed by atoms with Gasteiger partial charge < -0.3 is 9.64 Å².